The van der Waals surface area contributed by atoms with Crippen LogP contribution in [-0.4, -0.2) is 37.2 Å². The lowest BCUT2D eigenvalue weighted by Crippen LogP contribution is -2.30. The van der Waals surface area contributed by atoms with E-state index in [1.807, 2.05) is 0 Å². The lowest BCUT2D eigenvalue weighted by atomic mass is 10.0. The van der Waals surface area contributed by atoms with Crippen molar-refractivity contribution < 1.29 is 28.6 Å². The van der Waals surface area contributed by atoms with Crippen LogP contribution in [0.2, 0.25) is 0 Å². The Morgan fingerprint density at radius 3 is 0.753 bits per heavy atom. The van der Waals surface area contributed by atoms with Gasteiger partial charge in [-0.05, 0) is 122 Å². The van der Waals surface area contributed by atoms with Crippen LogP contribution in [0.3, 0.4) is 0 Å². The molecule has 444 valence electrons. The van der Waals surface area contributed by atoms with E-state index in [2.05, 4.69) is 106 Å². The fourth-order valence-corrected chi connectivity index (χ4v) is 9.33. The predicted molar refractivity (Wildman–Crippen MR) is 334 cm³/mol. The van der Waals surface area contributed by atoms with E-state index in [9.17, 15) is 14.4 Å². The molecule has 0 bridgehead atoms. The maximum atomic E-state index is 12.9. The largest absolute Gasteiger partial charge is 0.462 e. The van der Waals surface area contributed by atoms with Gasteiger partial charge in [0, 0.05) is 19.3 Å². The van der Waals surface area contributed by atoms with E-state index in [4.69, 9.17) is 14.2 Å². The summed E-state index contributed by atoms with van der Waals surface area (Å²) >= 11 is 0. The molecule has 0 aliphatic rings. The van der Waals surface area contributed by atoms with Crippen LogP contribution in [0.15, 0.2) is 85.1 Å². The Bertz CT molecular complexity index is 1470. The van der Waals surface area contributed by atoms with Gasteiger partial charge in [0.25, 0.3) is 0 Å². The van der Waals surface area contributed by atoms with E-state index in [0.29, 0.717) is 19.3 Å². The van der Waals surface area contributed by atoms with Crippen molar-refractivity contribution in [1.29, 1.82) is 0 Å². The van der Waals surface area contributed by atoms with Crippen LogP contribution in [0.25, 0.3) is 0 Å². The van der Waals surface area contributed by atoms with Gasteiger partial charge in [0.2, 0.25) is 0 Å². The van der Waals surface area contributed by atoms with Crippen molar-refractivity contribution in [3.8, 4) is 0 Å². The molecule has 0 fully saturated rings. The van der Waals surface area contributed by atoms with Gasteiger partial charge < -0.3 is 14.2 Å². The molecule has 0 aromatic carbocycles. The molecule has 0 aliphatic heterocycles. The second kappa shape index (κ2) is 65.1. The van der Waals surface area contributed by atoms with E-state index in [-0.39, 0.29) is 31.1 Å². The summed E-state index contributed by atoms with van der Waals surface area (Å²) in [5, 5.41) is 0. The van der Waals surface area contributed by atoms with Gasteiger partial charge >= 0.3 is 17.9 Å². The Morgan fingerprint density at radius 2 is 0.468 bits per heavy atom. The standard InChI is InChI=1S/C71H124O6/c1-4-7-10-13-16-19-22-25-28-30-32-33-34-35-36-37-39-40-43-46-49-52-55-58-61-64-70(73)76-67-68(66-75-69(72)63-60-57-54-51-48-45-42-27-24-21-18-15-12-9-6-3)77-71(74)65-62-59-56-53-50-47-44-41-38-31-29-26-23-20-17-14-11-8-5-2/h17-18,20-22,25-27,29-30,32,34-35,42,68H,4-16,19,23-24,28,31,33,36-41,43-67H2,1-3H3/b20-17-,21-18-,25-22-,29-26-,32-30-,35-34-,42-27-. The van der Waals surface area contributed by atoms with Gasteiger partial charge in [-0.25, -0.2) is 0 Å². The third-order valence-electron chi connectivity index (χ3n) is 14.3. The molecular weight excluding hydrogens is 949 g/mol. The Balaban J connectivity index is 4.35. The van der Waals surface area contributed by atoms with Gasteiger partial charge in [-0.15, -0.1) is 0 Å². The third kappa shape index (κ3) is 63.3. The lowest BCUT2D eigenvalue weighted by molar-refractivity contribution is -0.167. The van der Waals surface area contributed by atoms with Crippen molar-refractivity contribution in [2.45, 2.75) is 335 Å². The number of hydrogen-bond donors (Lipinski definition) is 0. The molecule has 0 spiro atoms. The SMILES string of the molecule is CCCCC/C=C\C/C=C\CCCCCCCCCCCC(=O)OC(COC(=O)CCCCCCC/C=C\C/C=C\CCCCC)COC(=O)CCCCCCCCCCCC/C=C\C/C=C\C/C=C\CCCCCCC. The van der Waals surface area contributed by atoms with Crippen LogP contribution in [0.1, 0.15) is 329 Å². The Kier molecular flexibility index (Phi) is 62.2. The van der Waals surface area contributed by atoms with Crippen molar-refractivity contribution in [2.75, 3.05) is 13.2 Å². The molecule has 1 unspecified atom stereocenters. The number of esters is 3. The second-order valence-electron chi connectivity index (χ2n) is 22.0. The molecule has 6 nitrogen and oxygen atoms in total. The normalized spacial score (nSPS) is 12.6. The zero-order valence-corrected chi connectivity index (χ0v) is 51.0. The molecule has 1 atom stereocenters. The van der Waals surface area contributed by atoms with Crippen LogP contribution in [0.4, 0.5) is 0 Å². The van der Waals surface area contributed by atoms with Gasteiger partial charge in [-0.1, -0.05) is 273 Å². The van der Waals surface area contributed by atoms with Gasteiger partial charge in [-0.2, -0.15) is 0 Å². The molecule has 0 aromatic rings. The van der Waals surface area contributed by atoms with Crippen molar-refractivity contribution in [3.63, 3.8) is 0 Å². The molecule has 0 heterocycles. The highest BCUT2D eigenvalue weighted by Crippen LogP contribution is 2.16. The molecule has 0 aliphatic carbocycles. The summed E-state index contributed by atoms with van der Waals surface area (Å²) in [6.07, 6.45) is 85.8. The highest BCUT2D eigenvalue weighted by molar-refractivity contribution is 5.71. The summed E-state index contributed by atoms with van der Waals surface area (Å²) in [6, 6.07) is 0. The number of ether oxygens (including phenoxy) is 3. The molecule has 0 saturated heterocycles. The van der Waals surface area contributed by atoms with E-state index in [0.717, 1.165) is 96.3 Å². The first-order valence-electron chi connectivity index (χ1n) is 33.1. The molecule has 0 amide bonds. The number of carbonyl (C=O) groups excluding carboxylic acids is 3. The lowest BCUT2D eigenvalue weighted by Gasteiger charge is -2.18. The quantitative estimate of drug-likeness (QED) is 0.0261. The molecule has 0 rings (SSSR count). The molecular formula is C71H124O6. The summed E-state index contributed by atoms with van der Waals surface area (Å²) in [5.41, 5.74) is 0. The molecule has 0 N–H and O–H groups in total. The summed E-state index contributed by atoms with van der Waals surface area (Å²) < 4.78 is 16.9. The number of unbranched alkanes of at least 4 members (excludes halogenated alkanes) is 35. The van der Waals surface area contributed by atoms with Gasteiger partial charge in [0.1, 0.15) is 13.2 Å². The molecule has 0 radical (unpaired) electrons. The van der Waals surface area contributed by atoms with Crippen molar-refractivity contribution in [2.24, 2.45) is 0 Å². The number of carbonyl (C=O) groups is 3. The van der Waals surface area contributed by atoms with E-state index < -0.39 is 6.10 Å². The summed E-state index contributed by atoms with van der Waals surface area (Å²) in [4.78, 5) is 38.4. The Labute approximate surface area is 477 Å². The maximum absolute atomic E-state index is 12.9. The van der Waals surface area contributed by atoms with E-state index >= 15 is 0 Å². The Hall–Kier alpha value is -3.41. The molecule has 6 heteroatoms. The first-order valence-corrected chi connectivity index (χ1v) is 33.1. The number of hydrogen-bond acceptors (Lipinski definition) is 6. The maximum Gasteiger partial charge on any atom is 0.306 e. The molecule has 77 heavy (non-hydrogen) atoms. The fourth-order valence-electron chi connectivity index (χ4n) is 9.33. The highest BCUT2D eigenvalue weighted by atomic mass is 16.6. The Morgan fingerprint density at radius 1 is 0.260 bits per heavy atom. The predicted octanol–water partition coefficient (Wildman–Crippen LogP) is 22.7. The van der Waals surface area contributed by atoms with E-state index in [1.54, 1.807) is 0 Å². The minimum Gasteiger partial charge on any atom is -0.462 e. The average molecular weight is 1070 g/mol. The monoisotopic (exact) mass is 1070 g/mol. The highest BCUT2D eigenvalue weighted by Gasteiger charge is 2.19. The first-order chi connectivity index (χ1) is 38.0. The number of rotatable bonds is 60. The average Bonchev–Trinajstić information content (AvgIpc) is 3.43. The summed E-state index contributed by atoms with van der Waals surface area (Å²) in [7, 11) is 0. The topological polar surface area (TPSA) is 78.9 Å². The van der Waals surface area contributed by atoms with Crippen LogP contribution in [0.5, 0.6) is 0 Å². The molecule has 0 aromatic heterocycles. The van der Waals surface area contributed by atoms with Gasteiger partial charge in [0.05, 0.1) is 0 Å². The third-order valence-corrected chi connectivity index (χ3v) is 14.3. The molecule has 0 saturated carbocycles. The minimum atomic E-state index is -0.788. The van der Waals surface area contributed by atoms with Crippen LogP contribution in [-0.2, 0) is 28.6 Å². The van der Waals surface area contributed by atoms with Crippen LogP contribution >= 0.6 is 0 Å². The van der Waals surface area contributed by atoms with Crippen molar-refractivity contribution >= 4 is 17.9 Å². The van der Waals surface area contributed by atoms with E-state index in [1.165, 1.54) is 193 Å². The zero-order chi connectivity index (χ0) is 55.7. The van der Waals surface area contributed by atoms with Crippen molar-refractivity contribution in [3.05, 3.63) is 85.1 Å². The van der Waals surface area contributed by atoms with Crippen LogP contribution in [0, 0.1) is 0 Å². The smallest absolute Gasteiger partial charge is 0.306 e. The minimum absolute atomic E-state index is 0.0839. The van der Waals surface area contributed by atoms with Gasteiger partial charge in [-0.3, -0.25) is 14.4 Å². The fraction of sp³-hybridized carbons (Fsp3) is 0.761. The first kappa shape index (κ1) is 73.6. The summed E-state index contributed by atoms with van der Waals surface area (Å²) in [5.74, 6) is -0.893. The van der Waals surface area contributed by atoms with Crippen molar-refractivity contribution in [1.82, 2.24) is 0 Å². The van der Waals surface area contributed by atoms with Gasteiger partial charge in [0.15, 0.2) is 6.10 Å². The van der Waals surface area contributed by atoms with Crippen LogP contribution < -0.4 is 0 Å². The second-order valence-corrected chi connectivity index (χ2v) is 22.0. The number of allylic oxidation sites excluding steroid dienone is 14. The summed E-state index contributed by atoms with van der Waals surface area (Å²) in [6.45, 7) is 6.59. The zero-order valence-electron chi connectivity index (χ0n) is 51.0.